The van der Waals surface area contributed by atoms with Crippen LogP contribution in [0.4, 0.5) is 4.39 Å². The van der Waals surface area contributed by atoms with Crippen molar-refractivity contribution in [3.05, 3.63) is 65.0 Å². The molecule has 3 nitrogen and oxygen atoms in total. The third-order valence-corrected chi connectivity index (χ3v) is 5.72. The molecular weight excluding hydrogens is 327 g/mol. The zero-order valence-electron chi connectivity index (χ0n) is 15.3. The molecule has 26 heavy (non-hydrogen) atoms. The standard InChI is InChI=1S/C22H27FN2O/c1-15-8-10-19(23)21(13-15)26-22-18-7-3-2-5-16(18)9-11-20(22)25-12-4-6-17(24)14-25/h2-3,5,7-8,10,13,17,20,22H,4,6,9,11-12,14,24H2,1H3/t17-,20?,22?/m0/s1. The van der Waals surface area contributed by atoms with E-state index in [1.54, 1.807) is 12.1 Å². The molecule has 1 saturated heterocycles. The Morgan fingerprint density at radius 2 is 2.00 bits per heavy atom. The predicted molar refractivity (Wildman–Crippen MR) is 102 cm³/mol. The molecule has 2 unspecified atom stereocenters. The van der Waals surface area contributed by atoms with Crippen LogP contribution >= 0.6 is 0 Å². The van der Waals surface area contributed by atoms with Crippen LogP contribution in [0.25, 0.3) is 0 Å². The number of benzene rings is 2. The van der Waals surface area contributed by atoms with E-state index in [0.29, 0.717) is 5.75 Å². The average Bonchev–Trinajstić information content (AvgIpc) is 2.65. The van der Waals surface area contributed by atoms with Crippen LogP contribution in [0.5, 0.6) is 5.75 Å². The van der Waals surface area contributed by atoms with E-state index in [0.717, 1.165) is 44.3 Å². The lowest BCUT2D eigenvalue weighted by Gasteiger charge is -2.43. The highest BCUT2D eigenvalue weighted by atomic mass is 19.1. The van der Waals surface area contributed by atoms with Gasteiger partial charge in [-0.15, -0.1) is 0 Å². The lowest BCUT2D eigenvalue weighted by Crippen LogP contribution is -2.51. The Labute approximate surface area is 155 Å². The molecule has 3 atom stereocenters. The van der Waals surface area contributed by atoms with E-state index in [1.165, 1.54) is 17.2 Å². The van der Waals surface area contributed by atoms with Crippen molar-refractivity contribution in [2.75, 3.05) is 13.1 Å². The first kappa shape index (κ1) is 17.5. The summed E-state index contributed by atoms with van der Waals surface area (Å²) in [5.74, 6) is 0.0470. The van der Waals surface area contributed by atoms with Crippen molar-refractivity contribution in [1.29, 1.82) is 0 Å². The molecule has 1 fully saturated rings. The van der Waals surface area contributed by atoms with Crippen molar-refractivity contribution in [2.45, 2.75) is 50.8 Å². The van der Waals surface area contributed by atoms with Gasteiger partial charge < -0.3 is 10.5 Å². The monoisotopic (exact) mass is 354 g/mol. The van der Waals surface area contributed by atoms with Gasteiger partial charge in [0.2, 0.25) is 0 Å². The second-order valence-corrected chi connectivity index (χ2v) is 7.67. The number of fused-ring (bicyclic) bond motifs is 1. The number of nitrogens with zero attached hydrogens (tertiary/aromatic N) is 1. The van der Waals surface area contributed by atoms with Gasteiger partial charge in [-0.25, -0.2) is 4.39 Å². The first-order valence-corrected chi connectivity index (χ1v) is 9.62. The maximum atomic E-state index is 14.4. The topological polar surface area (TPSA) is 38.5 Å². The minimum Gasteiger partial charge on any atom is -0.481 e. The Hall–Kier alpha value is -1.91. The molecule has 1 aliphatic heterocycles. The summed E-state index contributed by atoms with van der Waals surface area (Å²) in [7, 11) is 0. The second kappa shape index (κ2) is 7.37. The molecule has 2 aromatic rings. The van der Waals surface area contributed by atoms with Gasteiger partial charge in [0.25, 0.3) is 0 Å². The van der Waals surface area contributed by atoms with Crippen LogP contribution in [0.15, 0.2) is 42.5 Å². The minimum atomic E-state index is -0.298. The SMILES string of the molecule is Cc1ccc(F)c(OC2c3ccccc3CCC2N2CCC[C@H](N)C2)c1. The van der Waals surface area contributed by atoms with Gasteiger partial charge in [0.1, 0.15) is 6.10 Å². The van der Waals surface area contributed by atoms with Gasteiger partial charge in [-0.3, -0.25) is 4.90 Å². The summed E-state index contributed by atoms with van der Waals surface area (Å²) < 4.78 is 20.7. The molecule has 2 N–H and O–H groups in total. The molecule has 138 valence electrons. The molecule has 0 bridgehead atoms. The smallest absolute Gasteiger partial charge is 0.165 e. The quantitative estimate of drug-likeness (QED) is 0.906. The molecule has 2 aliphatic rings. The van der Waals surface area contributed by atoms with Gasteiger partial charge in [-0.2, -0.15) is 0 Å². The highest BCUT2D eigenvalue weighted by Gasteiger charge is 2.37. The van der Waals surface area contributed by atoms with Crippen LogP contribution in [-0.4, -0.2) is 30.1 Å². The maximum Gasteiger partial charge on any atom is 0.165 e. The number of likely N-dealkylation sites (tertiary alicyclic amines) is 1. The first-order valence-electron chi connectivity index (χ1n) is 9.62. The molecule has 2 aromatic carbocycles. The highest BCUT2D eigenvalue weighted by Crippen LogP contribution is 2.38. The third kappa shape index (κ3) is 3.49. The van der Waals surface area contributed by atoms with Crippen molar-refractivity contribution < 1.29 is 9.13 Å². The normalized spacial score (nSPS) is 26.3. The molecule has 0 radical (unpaired) electrons. The van der Waals surface area contributed by atoms with Crippen molar-refractivity contribution in [3.8, 4) is 5.75 Å². The molecule has 1 aliphatic carbocycles. The fourth-order valence-electron chi connectivity index (χ4n) is 4.40. The van der Waals surface area contributed by atoms with Crippen LogP contribution < -0.4 is 10.5 Å². The average molecular weight is 354 g/mol. The summed E-state index contributed by atoms with van der Waals surface area (Å²) in [5, 5.41) is 0. The molecular formula is C22H27FN2O. The summed E-state index contributed by atoms with van der Waals surface area (Å²) in [6, 6.07) is 13.9. The molecule has 0 saturated carbocycles. The van der Waals surface area contributed by atoms with Crippen LogP contribution in [0.3, 0.4) is 0 Å². The molecule has 0 spiro atoms. The Morgan fingerprint density at radius 1 is 1.15 bits per heavy atom. The predicted octanol–water partition coefficient (Wildman–Crippen LogP) is 3.99. The van der Waals surface area contributed by atoms with Gasteiger partial charge in [0.15, 0.2) is 11.6 Å². The lowest BCUT2D eigenvalue weighted by atomic mass is 9.84. The Kier molecular flexibility index (Phi) is 4.96. The van der Waals surface area contributed by atoms with Crippen molar-refractivity contribution in [1.82, 2.24) is 4.90 Å². The van der Waals surface area contributed by atoms with E-state index >= 15 is 0 Å². The van der Waals surface area contributed by atoms with Crippen molar-refractivity contribution >= 4 is 0 Å². The zero-order valence-corrected chi connectivity index (χ0v) is 15.3. The Bertz CT molecular complexity index is 778. The summed E-state index contributed by atoms with van der Waals surface area (Å²) in [6.45, 7) is 3.89. The van der Waals surface area contributed by atoms with Gasteiger partial charge in [0, 0.05) is 12.6 Å². The van der Waals surface area contributed by atoms with E-state index in [4.69, 9.17) is 10.5 Å². The number of aryl methyl sites for hydroxylation is 2. The molecule has 1 heterocycles. The number of ether oxygens (including phenoxy) is 1. The number of nitrogens with two attached hydrogens (primary N) is 1. The fraction of sp³-hybridized carbons (Fsp3) is 0.455. The summed E-state index contributed by atoms with van der Waals surface area (Å²) in [4.78, 5) is 2.46. The van der Waals surface area contributed by atoms with Crippen LogP contribution in [0.2, 0.25) is 0 Å². The van der Waals surface area contributed by atoms with Gasteiger partial charge in [-0.05, 0) is 68.0 Å². The van der Waals surface area contributed by atoms with E-state index in [2.05, 4.69) is 23.1 Å². The van der Waals surface area contributed by atoms with Gasteiger partial charge in [-0.1, -0.05) is 30.3 Å². The fourth-order valence-corrected chi connectivity index (χ4v) is 4.40. The molecule has 0 amide bonds. The van der Waals surface area contributed by atoms with Crippen molar-refractivity contribution in [2.24, 2.45) is 5.73 Å². The van der Waals surface area contributed by atoms with Crippen LogP contribution in [0, 0.1) is 12.7 Å². The lowest BCUT2D eigenvalue weighted by molar-refractivity contribution is 0.0347. The second-order valence-electron chi connectivity index (χ2n) is 7.67. The largest absolute Gasteiger partial charge is 0.481 e. The first-order chi connectivity index (χ1) is 12.6. The number of halogens is 1. The summed E-state index contributed by atoms with van der Waals surface area (Å²) in [5.41, 5.74) is 9.72. The van der Waals surface area contributed by atoms with Crippen LogP contribution in [0.1, 0.15) is 42.1 Å². The molecule has 4 heteroatoms. The highest BCUT2D eigenvalue weighted by molar-refractivity contribution is 5.36. The molecule has 4 rings (SSSR count). The van der Waals surface area contributed by atoms with Crippen molar-refractivity contribution in [3.63, 3.8) is 0 Å². The number of rotatable bonds is 3. The summed E-state index contributed by atoms with van der Waals surface area (Å²) in [6.07, 6.45) is 4.08. The van der Waals surface area contributed by atoms with E-state index in [1.807, 2.05) is 13.0 Å². The number of hydrogen-bond acceptors (Lipinski definition) is 3. The molecule has 0 aromatic heterocycles. The minimum absolute atomic E-state index is 0.165. The van der Waals surface area contributed by atoms with Crippen LogP contribution in [-0.2, 0) is 6.42 Å². The number of hydrogen-bond donors (Lipinski definition) is 1. The summed E-state index contributed by atoms with van der Waals surface area (Å²) >= 11 is 0. The third-order valence-electron chi connectivity index (χ3n) is 5.72. The maximum absolute atomic E-state index is 14.4. The van der Waals surface area contributed by atoms with Gasteiger partial charge >= 0.3 is 0 Å². The Morgan fingerprint density at radius 3 is 2.85 bits per heavy atom. The van der Waals surface area contributed by atoms with E-state index < -0.39 is 0 Å². The van der Waals surface area contributed by atoms with Gasteiger partial charge in [0.05, 0.1) is 6.04 Å². The number of piperidine rings is 1. The Balaban J connectivity index is 1.68. The van der Waals surface area contributed by atoms with E-state index in [9.17, 15) is 4.39 Å². The van der Waals surface area contributed by atoms with E-state index in [-0.39, 0.29) is 24.0 Å². The zero-order chi connectivity index (χ0) is 18.1.